The minimum Gasteiger partial charge on any atom is -0.351 e. The van der Waals surface area contributed by atoms with Crippen LogP contribution in [0.25, 0.3) is 0 Å². The molecule has 3 nitrogen and oxygen atoms in total. The van der Waals surface area contributed by atoms with Crippen LogP contribution in [-0.2, 0) is 0 Å². The van der Waals surface area contributed by atoms with Crippen molar-refractivity contribution in [3.8, 4) is 0 Å². The molecule has 112 valence electrons. The van der Waals surface area contributed by atoms with E-state index in [2.05, 4.69) is 33.5 Å². The molecule has 1 aromatic carbocycles. The fraction of sp³-hybridized carbons (Fsp3) is 0.500. The predicted molar refractivity (Wildman–Crippen MR) is 83.9 cm³/mol. The van der Waals surface area contributed by atoms with Crippen LogP contribution in [0.2, 0.25) is 0 Å². The molecule has 20 heavy (non-hydrogen) atoms. The van der Waals surface area contributed by atoms with Gasteiger partial charge >= 0.3 is 0 Å². The topological polar surface area (TPSA) is 41.1 Å². The number of amides is 1. The number of benzene rings is 1. The van der Waals surface area contributed by atoms with Crippen LogP contribution >= 0.6 is 28.3 Å². The third kappa shape index (κ3) is 4.43. The molecule has 6 heteroatoms. The van der Waals surface area contributed by atoms with Crippen LogP contribution in [0.3, 0.4) is 0 Å². The third-order valence-electron chi connectivity index (χ3n) is 3.54. The van der Waals surface area contributed by atoms with Gasteiger partial charge in [0.15, 0.2) is 0 Å². The minimum absolute atomic E-state index is 0. The molecule has 1 amide bonds. The molecule has 1 heterocycles. The Labute approximate surface area is 133 Å². The van der Waals surface area contributed by atoms with Crippen molar-refractivity contribution in [1.29, 1.82) is 0 Å². The standard InChI is InChI=1S/C14H18BrFN2O.ClH/c1-14(5-2-6-17-8-14)9-18-13(19)10-3-4-12(16)11(15)7-10;/h3-4,7,17H,2,5-6,8-9H2,1H3,(H,18,19);1H. The zero-order valence-electron chi connectivity index (χ0n) is 11.3. The van der Waals surface area contributed by atoms with Crippen LogP contribution in [-0.4, -0.2) is 25.5 Å². The molecule has 0 aliphatic carbocycles. The predicted octanol–water partition coefficient (Wildman–Crippen LogP) is 3.13. The van der Waals surface area contributed by atoms with Crippen molar-refractivity contribution < 1.29 is 9.18 Å². The zero-order valence-corrected chi connectivity index (χ0v) is 13.7. The highest BCUT2D eigenvalue weighted by Crippen LogP contribution is 2.24. The quantitative estimate of drug-likeness (QED) is 0.864. The number of hydrogen-bond donors (Lipinski definition) is 2. The van der Waals surface area contributed by atoms with Crippen LogP contribution in [0.15, 0.2) is 22.7 Å². The van der Waals surface area contributed by atoms with Crippen LogP contribution < -0.4 is 10.6 Å². The Bertz CT molecular complexity index is 478. The van der Waals surface area contributed by atoms with Crippen molar-refractivity contribution in [3.63, 3.8) is 0 Å². The second-order valence-electron chi connectivity index (χ2n) is 5.40. The van der Waals surface area contributed by atoms with E-state index in [-0.39, 0.29) is 29.5 Å². The lowest BCUT2D eigenvalue weighted by Crippen LogP contribution is -2.45. The van der Waals surface area contributed by atoms with Gasteiger partial charge in [-0.15, -0.1) is 12.4 Å². The summed E-state index contributed by atoms with van der Waals surface area (Å²) in [7, 11) is 0. The van der Waals surface area contributed by atoms with E-state index in [4.69, 9.17) is 0 Å². The van der Waals surface area contributed by atoms with Crippen LogP contribution in [0, 0.1) is 11.2 Å². The van der Waals surface area contributed by atoms with E-state index in [1.165, 1.54) is 18.2 Å². The Hall–Kier alpha value is -0.650. The number of piperidine rings is 1. The Morgan fingerprint density at radius 2 is 2.30 bits per heavy atom. The van der Waals surface area contributed by atoms with Crippen LogP contribution in [0.1, 0.15) is 30.1 Å². The first kappa shape index (κ1) is 17.4. The van der Waals surface area contributed by atoms with Gasteiger partial charge in [0.1, 0.15) is 5.82 Å². The summed E-state index contributed by atoms with van der Waals surface area (Å²) in [4.78, 5) is 12.0. The molecule has 2 N–H and O–H groups in total. The molecule has 1 aliphatic rings. The minimum atomic E-state index is -0.361. The molecule has 1 saturated heterocycles. The Morgan fingerprint density at radius 1 is 1.55 bits per heavy atom. The molecule has 0 saturated carbocycles. The molecule has 0 bridgehead atoms. The highest BCUT2D eigenvalue weighted by atomic mass is 79.9. The summed E-state index contributed by atoms with van der Waals surface area (Å²) in [6, 6.07) is 4.30. The average molecular weight is 366 g/mol. The van der Waals surface area contributed by atoms with Crippen molar-refractivity contribution in [2.75, 3.05) is 19.6 Å². The molecular weight excluding hydrogens is 347 g/mol. The number of carbonyl (C=O) groups excluding carboxylic acids is 1. The van der Waals surface area contributed by atoms with E-state index >= 15 is 0 Å². The molecular formula is C14H19BrClFN2O. The number of hydrogen-bond acceptors (Lipinski definition) is 2. The monoisotopic (exact) mass is 364 g/mol. The van der Waals surface area contributed by atoms with Crippen molar-refractivity contribution in [3.05, 3.63) is 34.1 Å². The highest BCUT2D eigenvalue weighted by Gasteiger charge is 2.27. The first-order valence-corrected chi connectivity index (χ1v) is 7.23. The summed E-state index contributed by atoms with van der Waals surface area (Å²) < 4.78 is 13.4. The molecule has 0 aromatic heterocycles. The smallest absolute Gasteiger partial charge is 0.251 e. The Balaban J connectivity index is 0.00000200. The summed E-state index contributed by atoms with van der Waals surface area (Å²) in [5.74, 6) is -0.521. The van der Waals surface area contributed by atoms with Crippen molar-refractivity contribution in [1.82, 2.24) is 10.6 Å². The van der Waals surface area contributed by atoms with Crippen molar-refractivity contribution in [2.24, 2.45) is 5.41 Å². The van der Waals surface area contributed by atoms with Gasteiger partial charge in [0.25, 0.3) is 5.91 Å². The van der Waals surface area contributed by atoms with E-state index in [0.29, 0.717) is 16.6 Å². The second kappa shape index (κ2) is 7.38. The lowest BCUT2D eigenvalue weighted by molar-refractivity contribution is 0.0924. The summed E-state index contributed by atoms with van der Waals surface area (Å²) in [6.45, 7) is 4.77. The summed E-state index contributed by atoms with van der Waals surface area (Å²) >= 11 is 3.09. The zero-order chi connectivity index (χ0) is 13.9. The molecule has 1 unspecified atom stereocenters. The van der Waals surface area contributed by atoms with E-state index in [1.807, 2.05) is 0 Å². The first-order chi connectivity index (χ1) is 9.00. The van der Waals surface area contributed by atoms with Gasteiger partial charge in [-0.3, -0.25) is 4.79 Å². The van der Waals surface area contributed by atoms with E-state index in [1.54, 1.807) is 0 Å². The van der Waals surface area contributed by atoms with Gasteiger partial charge in [0.05, 0.1) is 4.47 Å². The largest absolute Gasteiger partial charge is 0.351 e. The molecule has 1 fully saturated rings. The molecule has 0 spiro atoms. The molecule has 1 aliphatic heterocycles. The average Bonchev–Trinajstić information content (AvgIpc) is 2.40. The van der Waals surface area contributed by atoms with Gasteiger partial charge in [-0.1, -0.05) is 6.92 Å². The van der Waals surface area contributed by atoms with Gasteiger partial charge in [-0.05, 0) is 58.9 Å². The SMILES string of the molecule is CC1(CNC(=O)c2ccc(F)c(Br)c2)CCCNC1.Cl. The summed E-state index contributed by atoms with van der Waals surface area (Å²) in [5.41, 5.74) is 0.575. The summed E-state index contributed by atoms with van der Waals surface area (Å²) in [5, 5.41) is 6.28. The maximum absolute atomic E-state index is 13.1. The molecule has 1 atom stereocenters. The maximum atomic E-state index is 13.1. The normalized spacial score (nSPS) is 21.9. The Morgan fingerprint density at radius 3 is 2.90 bits per heavy atom. The van der Waals surface area contributed by atoms with Crippen molar-refractivity contribution >= 4 is 34.2 Å². The maximum Gasteiger partial charge on any atom is 0.251 e. The van der Waals surface area contributed by atoms with Crippen LogP contribution in [0.5, 0.6) is 0 Å². The first-order valence-electron chi connectivity index (χ1n) is 6.44. The van der Waals surface area contributed by atoms with Gasteiger partial charge in [0, 0.05) is 18.7 Å². The molecule has 2 rings (SSSR count). The van der Waals surface area contributed by atoms with E-state index in [9.17, 15) is 9.18 Å². The lowest BCUT2D eigenvalue weighted by atomic mass is 9.83. The third-order valence-corrected chi connectivity index (χ3v) is 4.15. The van der Waals surface area contributed by atoms with E-state index in [0.717, 1.165) is 25.9 Å². The number of nitrogens with one attached hydrogen (secondary N) is 2. The molecule has 0 radical (unpaired) electrons. The number of carbonyl (C=O) groups is 1. The van der Waals surface area contributed by atoms with Crippen LogP contribution in [0.4, 0.5) is 4.39 Å². The van der Waals surface area contributed by atoms with Gasteiger partial charge in [0.2, 0.25) is 0 Å². The fourth-order valence-electron chi connectivity index (χ4n) is 2.30. The fourth-order valence-corrected chi connectivity index (χ4v) is 2.68. The Kier molecular flexibility index (Phi) is 6.43. The number of halogens is 3. The molecule has 1 aromatic rings. The summed E-state index contributed by atoms with van der Waals surface area (Å²) in [6.07, 6.45) is 2.24. The van der Waals surface area contributed by atoms with Gasteiger partial charge in [-0.25, -0.2) is 4.39 Å². The van der Waals surface area contributed by atoms with E-state index < -0.39 is 0 Å². The second-order valence-corrected chi connectivity index (χ2v) is 6.26. The van der Waals surface area contributed by atoms with Gasteiger partial charge in [-0.2, -0.15) is 0 Å². The number of rotatable bonds is 3. The van der Waals surface area contributed by atoms with Crippen molar-refractivity contribution in [2.45, 2.75) is 19.8 Å². The lowest BCUT2D eigenvalue weighted by Gasteiger charge is -2.34. The highest BCUT2D eigenvalue weighted by molar-refractivity contribution is 9.10. The van der Waals surface area contributed by atoms with Gasteiger partial charge < -0.3 is 10.6 Å².